The van der Waals surface area contributed by atoms with Gasteiger partial charge in [-0.05, 0) is 29.8 Å². The summed E-state index contributed by atoms with van der Waals surface area (Å²) < 4.78 is 18.6. The van der Waals surface area contributed by atoms with Crippen molar-refractivity contribution >= 4 is 27.1 Å². The molecule has 0 N–H and O–H groups in total. The van der Waals surface area contributed by atoms with Crippen LogP contribution < -0.4 is 14.2 Å². The minimum absolute atomic E-state index is 0.522. The summed E-state index contributed by atoms with van der Waals surface area (Å²) in [6.45, 7) is 2.45. The van der Waals surface area contributed by atoms with E-state index in [9.17, 15) is 0 Å². The van der Waals surface area contributed by atoms with Gasteiger partial charge in [-0.15, -0.1) is 0 Å². The van der Waals surface area contributed by atoms with E-state index in [4.69, 9.17) is 24.3 Å². The van der Waals surface area contributed by atoms with Crippen LogP contribution in [0.2, 0.25) is 0 Å². The van der Waals surface area contributed by atoms with Crippen LogP contribution in [0.25, 0.3) is 37.6 Å². The van der Waals surface area contributed by atoms with Crippen LogP contribution in [-0.4, -0.2) is 35.4 Å². The maximum absolute atomic E-state index is 5.70. The lowest BCUT2D eigenvalue weighted by molar-refractivity contribution is 0.288. The Kier molecular flexibility index (Phi) is 4.95. The number of methoxy groups -OCH3 is 2. The fourth-order valence-electron chi connectivity index (χ4n) is 3.69. The zero-order valence-corrected chi connectivity index (χ0v) is 18.3. The van der Waals surface area contributed by atoms with Crippen molar-refractivity contribution in [3.63, 3.8) is 0 Å². The molecule has 3 aromatic carbocycles. The highest BCUT2D eigenvalue weighted by Crippen LogP contribution is 2.42. The van der Waals surface area contributed by atoms with Gasteiger partial charge in [-0.1, -0.05) is 53.8 Å². The average molecular weight is 432 g/mol. The fraction of sp³-hybridized carbons (Fsp3) is 0.167. The van der Waals surface area contributed by atoms with Gasteiger partial charge in [0.15, 0.2) is 11.5 Å². The average Bonchev–Trinajstić information content (AvgIpc) is 3.38. The number of aromatic nitrogens is 3. The number of ether oxygens (including phenoxy) is 3. The number of benzene rings is 3. The van der Waals surface area contributed by atoms with Crippen molar-refractivity contribution in [2.75, 3.05) is 20.8 Å². The van der Waals surface area contributed by atoms with Crippen LogP contribution in [0.5, 0.6) is 17.2 Å². The molecule has 7 heteroatoms. The van der Waals surface area contributed by atoms with Crippen LogP contribution in [0, 0.1) is 0 Å². The number of imidazole rings is 1. The lowest BCUT2D eigenvalue weighted by atomic mass is 10.0. The van der Waals surface area contributed by atoms with E-state index in [-0.39, 0.29) is 0 Å². The van der Waals surface area contributed by atoms with Gasteiger partial charge in [0.1, 0.15) is 5.01 Å². The van der Waals surface area contributed by atoms with E-state index < -0.39 is 0 Å². The van der Waals surface area contributed by atoms with Gasteiger partial charge in [-0.25, -0.2) is 9.50 Å². The second-order valence-electron chi connectivity index (χ2n) is 6.93. The molecule has 2 heterocycles. The molecule has 0 unspecified atom stereocenters. The highest BCUT2D eigenvalue weighted by atomic mass is 32.1. The monoisotopic (exact) mass is 431 g/mol. The first-order valence-electron chi connectivity index (χ1n) is 9.95. The van der Waals surface area contributed by atoms with E-state index in [1.54, 1.807) is 14.2 Å². The highest BCUT2D eigenvalue weighted by Gasteiger charge is 2.18. The van der Waals surface area contributed by atoms with Crippen LogP contribution in [0.3, 0.4) is 0 Å². The molecule has 0 aliphatic carbocycles. The topological polar surface area (TPSA) is 57.9 Å². The quantitative estimate of drug-likeness (QED) is 0.345. The van der Waals surface area contributed by atoms with E-state index in [1.165, 1.54) is 22.1 Å². The Morgan fingerprint density at radius 1 is 0.968 bits per heavy atom. The fourth-order valence-corrected chi connectivity index (χ4v) is 4.55. The number of hydrogen-bond acceptors (Lipinski definition) is 6. The molecule has 0 saturated carbocycles. The van der Waals surface area contributed by atoms with E-state index in [0.717, 1.165) is 26.8 Å². The maximum atomic E-state index is 5.70. The van der Waals surface area contributed by atoms with Gasteiger partial charge >= 0.3 is 0 Å². The Bertz CT molecular complexity index is 1330. The largest absolute Gasteiger partial charge is 0.493 e. The Labute approximate surface area is 183 Å². The van der Waals surface area contributed by atoms with Gasteiger partial charge in [-0.2, -0.15) is 5.10 Å². The summed E-state index contributed by atoms with van der Waals surface area (Å²) >= 11 is 1.52. The summed E-state index contributed by atoms with van der Waals surface area (Å²) in [6.07, 6.45) is 1.97. The van der Waals surface area contributed by atoms with Gasteiger partial charge in [0.05, 0.1) is 32.7 Å². The van der Waals surface area contributed by atoms with Crippen LogP contribution >= 0.6 is 11.3 Å². The van der Waals surface area contributed by atoms with Crippen molar-refractivity contribution in [3.8, 4) is 39.1 Å². The minimum Gasteiger partial charge on any atom is -0.493 e. The molecule has 0 amide bonds. The van der Waals surface area contributed by atoms with Crippen LogP contribution in [0.1, 0.15) is 6.92 Å². The van der Waals surface area contributed by atoms with Crippen molar-refractivity contribution in [2.24, 2.45) is 0 Å². The molecule has 5 aromatic rings. The molecule has 0 fully saturated rings. The van der Waals surface area contributed by atoms with E-state index in [2.05, 4.69) is 30.3 Å². The molecule has 0 aliphatic heterocycles. The Morgan fingerprint density at radius 3 is 2.42 bits per heavy atom. The third kappa shape index (κ3) is 3.37. The van der Waals surface area contributed by atoms with Crippen molar-refractivity contribution < 1.29 is 14.2 Å². The zero-order valence-electron chi connectivity index (χ0n) is 17.5. The van der Waals surface area contributed by atoms with E-state index in [0.29, 0.717) is 23.9 Å². The van der Waals surface area contributed by atoms with Gasteiger partial charge in [0, 0.05) is 11.1 Å². The van der Waals surface area contributed by atoms with Gasteiger partial charge in [0.25, 0.3) is 0 Å². The minimum atomic E-state index is 0.522. The Morgan fingerprint density at radius 2 is 1.71 bits per heavy atom. The zero-order chi connectivity index (χ0) is 21.4. The van der Waals surface area contributed by atoms with Crippen LogP contribution in [0.15, 0.2) is 60.8 Å². The standard InChI is InChI=1S/C24H21N3O3S/c1-4-30-22-20(28-2)12-16(13-21(22)29-3)23-26-27-14-19(25-24(27)31-23)18-11-7-9-15-8-5-6-10-17(15)18/h5-14H,4H2,1-3H3. The number of fused-ring (bicyclic) bond motifs is 2. The van der Waals surface area contributed by atoms with Crippen molar-refractivity contribution in [3.05, 3.63) is 60.8 Å². The van der Waals surface area contributed by atoms with Crippen molar-refractivity contribution in [2.45, 2.75) is 6.92 Å². The summed E-state index contributed by atoms with van der Waals surface area (Å²) in [7, 11) is 3.23. The predicted molar refractivity (Wildman–Crippen MR) is 124 cm³/mol. The van der Waals surface area contributed by atoms with Crippen molar-refractivity contribution in [1.29, 1.82) is 0 Å². The maximum Gasteiger partial charge on any atom is 0.213 e. The molecule has 31 heavy (non-hydrogen) atoms. The number of rotatable bonds is 6. The molecule has 0 saturated heterocycles. The predicted octanol–water partition coefficient (Wildman–Crippen LogP) is 5.69. The van der Waals surface area contributed by atoms with E-state index in [1.807, 2.05) is 41.9 Å². The molecular weight excluding hydrogens is 410 g/mol. The third-order valence-electron chi connectivity index (χ3n) is 5.10. The third-order valence-corrected chi connectivity index (χ3v) is 6.08. The molecule has 5 rings (SSSR count). The smallest absolute Gasteiger partial charge is 0.213 e. The Balaban J connectivity index is 1.57. The summed E-state index contributed by atoms with van der Waals surface area (Å²) in [6, 6.07) is 18.4. The number of hydrogen-bond donors (Lipinski definition) is 0. The molecule has 2 aromatic heterocycles. The lowest BCUT2D eigenvalue weighted by Crippen LogP contribution is -1.99. The second-order valence-corrected chi connectivity index (χ2v) is 7.89. The second kappa shape index (κ2) is 7.92. The first-order chi connectivity index (χ1) is 15.2. The van der Waals surface area contributed by atoms with Crippen LogP contribution in [-0.2, 0) is 0 Å². The molecule has 6 nitrogen and oxygen atoms in total. The van der Waals surface area contributed by atoms with Crippen molar-refractivity contribution in [1.82, 2.24) is 14.6 Å². The molecule has 0 radical (unpaired) electrons. The first-order valence-corrected chi connectivity index (χ1v) is 10.8. The van der Waals surface area contributed by atoms with Crippen LogP contribution in [0.4, 0.5) is 0 Å². The molecule has 0 spiro atoms. The normalized spacial score (nSPS) is 11.2. The van der Waals surface area contributed by atoms with Gasteiger partial charge < -0.3 is 14.2 Å². The lowest BCUT2D eigenvalue weighted by Gasteiger charge is -2.14. The molecule has 0 aliphatic rings. The Hall–Kier alpha value is -3.58. The summed E-state index contributed by atoms with van der Waals surface area (Å²) in [5.41, 5.74) is 2.89. The molecular formula is C24H21N3O3S. The molecule has 0 atom stereocenters. The SMILES string of the molecule is CCOc1c(OC)cc(-c2nn3cc(-c4cccc5ccccc45)nc3s2)cc1OC. The molecule has 156 valence electrons. The van der Waals surface area contributed by atoms with Gasteiger partial charge in [-0.3, -0.25) is 0 Å². The highest BCUT2D eigenvalue weighted by molar-refractivity contribution is 7.19. The number of nitrogens with zero attached hydrogens (tertiary/aromatic N) is 3. The summed E-state index contributed by atoms with van der Waals surface area (Å²) in [5.74, 6) is 1.82. The van der Waals surface area contributed by atoms with Gasteiger partial charge in [0.2, 0.25) is 10.7 Å². The molecule has 0 bridgehead atoms. The first kappa shape index (κ1) is 19.4. The van der Waals surface area contributed by atoms with E-state index >= 15 is 0 Å². The summed E-state index contributed by atoms with van der Waals surface area (Å²) in [4.78, 5) is 5.67. The summed E-state index contributed by atoms with van der Waals surface area (Å²) in [5, 5.41) is 7.95.